The van der Waals surface area contributed by atoms with Crippen LogP contribution in [-0.4, -0.2) is 30.6 Å². The van der Waals surface area contributed by atoms with Gasteiger partial charge in [0.05, 0.1) is 12.9 Å². The molecule has 0 unspecified atom stereocenters. The number of carbonyl (C=O) groups excluding carboxylic acids is 3. The molecule has 3 N–H and O–H groups in total. The third-order valence-corrected chi connectivity index (χ3v) is 7.38. The summed E-state index contributed by atoms with van der Waals surface area (Å²) in [7, 11) is 1.56. The first-order chi connectivity index (χ1) is 19.8. The van der Waals surface area contributed by atoms with E-state index in [1.54, 1.807) is 92.0 Å². The predicted molar refractivity (Wildman–Crippen MR) is 165 cm³/mol. The molecule has 0 saturated heterocycles. The molecule has 3 amide bonds. The van der Waals surface area contributed by atoms with E-state index in [0.717, 1.165) is 10.5 Å². The van der Waals surface area contributed by atoms with Crippen molar-refractivity contribution in [1.82, 2.24) is 5.32 Å². The van der Waals surface area contributed by atoms with Gasteiger partial charge < -0.3 is 20.7 Å². The van der Waals surface area contributed by atoms with Gasteiger partial charge in [0.25, 0.3) is 11.8 Å². The molecular formula is C32H28ClN3O4S. The zero-order valence-electron chi connectivity index (χ0n) is 22.4. The molecule has 0 aliphatic heterocycles. The Bertz CT molecular complexity index is 1570. The number of amides is 3. The van der Waals surface area contributed by atoms with Gasteiger partial charge in [0.15, 0.2) is 0 Å². The van der Waals surface area contributed by atoms with Crippen LogP contribution in [0.2, 0.25) is 5.02 Å². The summed E-state index contributed by atoms with van der Waals surface area (Å²) in [5, 5.41) is 9.02. The lowest BCUT2D eigenvalue weighted by molar-refractivity contribution is -0.114. The van der Waals surface area contributed by atoms with E-state index in [2.05, 4.69) is 16.0 Å². The number of anilines is 2. The fraction of sp³-hybridized carbons (Fsp3) is 0.0938. The lowest BCUT2D eigenvalue weighted by Crippen LogP contribution is -2.30. The van der Waals surface area contributed by atoms with Crippen LogP contribution in [0.25, 0.3) is 6.08 Å². The van der Waals surface area contributed by atoms with Crippen molar-refractivity contribution >= 4 is 58.5 Å². The largest absolute Gasteiger partial charge is 0.497 e. The Balaban J connectivity index is 1.42. The van der Waals surface area contributed by atoms with Crippen molar-refractivity contribution in [2.24, 2.45) is 0 Å². The third-order valence-electron chi connectivity index (χ3n) is 5.96. The molecule has 0 aliphatic carbocycles. The van der Waals surface area contributed by atoms with Gasteiger partial charge in [-0.3, -0.25) is 14.4 Å². The maximum atomic E-state index is 13.3. The van der Waals surface area contributed by atoms with Gasteiger partial charge >= 0.3 is 0 Å². The van der Waals surface area contributed by atoms with Crippen LogP contribution in [0.1, 0.15) is 21.5 Å². The number of benzene rings is 4. The van der Waals surface area contributed by atoms with Crippen LogP contribution in [0, 0.1) is 6.92 Å². The van der Waals surface area contributed by atoms with Gasteiger partial charge in [0, 0.05) is 26.9 Å². The van der Waals surface area contributed by atoms with Crippen LogP contribution in [0.15, 0.2) is 108 Å². The second-order valence-electron chi connectivity index (χ2n) is 8.88. The summed E-state index contributed by atoms with van der Waals surface area (Å²) in [6.45, 7) is 1.85. The molecule has 0 saturated carbocycles. The van der Waals surface area contributed by atoms with Gasteiger partial charge in [-0.25, -0.2) is 0 Å². The predicted octanol–water partition coefficient (Wildman–Crippen LogP) is 6.80. The maximum absolute atomic E-state index is 13.3. The molecule has 0 radical (unpaired) electrons. The van der Waals surface area contributed by atoms with Gasteiger partial charge in [-0.1, -0.05) is 48.0 Å². The molecule has 7 nitrogen and oxygen atoms in total. The first-order valence-electron chi connectivity index (χ1n) is 12.6. The number of halogens is 1. The third kappa shape index (κ3) is 8.48. The minimum absolute atomic E-state index is 0.0681. The van der Waals surface area contributed by atoms with Crippen LogP contribution >= 0.6 is 23.4 Å². The van der Waals surface area contributed by atoms with E-state index >= 15 is 0 Å². The number of rotatable bonds is 10. The van der Waals surface area contributed by atoms with Crippen LogP contribution in [0.4, 0.5) is 11.4 Å². The maximum Gasteiger partial charge on any atom is 0.272 e. The molecule has 0 spiro atoms. The standard InChI is InChI=1S/C32H28ClN3O4S/c1-21-27(33)12-7-13-28(21)35-30(37)20-41-26-16-14-24(15-17-26)34-32(39)29(19-22-8-6-11-25(18-22)40-2)36-31(38)23-9-4-3-5-10-23/h3-19H,20H2,1-2H3,(H,34,39)(H,35,37)(H,36,38)/b29-19-. The van der Waals surface area contributed by atoms with E-state index in [1.165, 1.54) is 11.8 Å². The highest BCUT2D eigenvalue weighted by Gasteiger charge is 2.15. The first-order valence-corrected chi connectivity index (χ1v) is 14.0. The van der Waals surface area contributed by atoms with Gasteiger partial charge in [0.2, 0.25) is 5.91 Å². The van der Waals surface area contributed by atoms with E-state index in [-0.39, 0.29) is 17.4 Å². The number of methoxy groups -OCH3 is 1. The molecule has 0 atom stereocenters. The van der Waals surface area contributed by atoms with E-state index < -0.39 is 11.8 Å². The van der Waals surface area contributed by atoms with Crippen molar-refractivity contribution in [3.05, 3.63) is 124 Å². The van der Waals surface area contributed by atoms with Gasteiger partial charge in [-0.05, 0) is 84.8 Å². The molecule has 9 heteroatoms. The van der Waals surface area contributed by atoms with E-state index in [4.69, 9.17) is 16.3 Å². The summed E-state index contributed by atoms with van der Waals surface area (Å²) in [6.07, 6.45) is 1.59. The average Bonchev–Trinajstić information content (AvgIpc) is 2.99. The van der Waals surface area contributed by atoms with Gasteiger partial charge in [0.1, 0.15) is 11.4 Å². The molecule has 4 aromatic rings. The second kappa shape index (κ2) is 14.2. The Morgan fingerprint density at radius 1 is 0.878 bits per heavy atom. The molecule has 41 heavy (non-hydrogen) atoms. The highest BCUT2D eigenvalue weighted by molar-refractivity contribution is 8.00. The zero-order chi connectivity index (χ0) is 29.2. The molecule has 4 aromatic carbocycles. The smallest absolute Gasteiger partial charge is 0.272 e. The number of carbonyl (C=O) groups is 3. The number of thioether (sulfide) groups is 1. The molecule has 0 aliphatic rings. The molecule has 0 heterocycles. The SMILES string of the molecule is COc1cccc(/C=C(\NC(=O)c2ccccc2)C(=O)Nc2ccc(SCC(=O)Nc3cccc(Cl)c3C)cc2)c1. The highest BCUT2D eigenvalue weighted by Crippen LogP contribution is 2.25. The minimum atomic E-state index is -0.492. The van der Waals surface area contributed by atoms with E-state index in [9.17, 15) is 14.4 Å². The summed E-state index contributed by atoms with van der Waals surface area (Å²) in [5.74, 6) is -0.227. The summed E-state index contributed by atoms with van der Waals surface area (Å²) >= 11 is 7.50. The van der Waals surface area contributed by atoms with Crippen molar-refractivity contribution in [3.8, 4) is 5.75 Å². The summed E-state index contributed by atoms with van der Waals surface area (Å²) in [5.41, 5.74) is 3.20. The summed E-state index contributed by atoms with van der Waals surface area (Å²) < 4.78 is 5.28. The van der Waals surface area contributed by atoms with Crippen LogP contribution < -0.4 is 20.7 Å². The van der Waals surface area contributed by atoms with Gasteiger partial charge in [-0.15, -0.1) is 11.8 Å². The fourth-order valence-corrected chi connectivity index (χ4v) is 4.62. The number of ether oxygens (including phenoxy) is 1. The Morgan fingerprint density at radius 2 is 1.61 bits per heavy atom. The number of nitrogens with one attached hydrogen (secondary N) is 3. The Kier molecular flexibility index (Phi) is 10.2. The number of hydrogen-bond acceptors (Lipinski definition) is 5. The Hall–Kier alpha value is -4.53. The lowest BCUT2D eigenvalue weighted by atomic mass is 10.1. The Labute approximate surface area is 248 Å². The molecule has 0 bridgehead atoms. The first kappa shape index (κ1) is 29.5. The van der Waals surface area contributed by atoms with Crippen molar-refractivity contribution in [2.45, 2.75) is 11.8 Å². The van der Waals surface area contributed by atoms with E-state index in [1.807, 2.05) is 25.1 Å². The fourth-order valence-electron chi connectivity index (χ4n) is 3.75. The summed E-state index contributed by atoms with van der Waals surface area (Å²) in [6, 6.07) is 28.3. The van der Waals surface area contributed by atoms with E-state index in [0.29, 0.717) is 33.3 Å². The lowest BCUT2D eigenvalue weighted by Gasteiger charge is -2.12. The molecule has 208 valence electrons. The monoisotopic (exact) mass is 585 g/mol. The van der Waals surface area contributed by atoms with Crippen LogP contribution in [-0.2, 0) is 9.59 Å². The second-order valence-corrected chi connectivity index (χ2v) is 10.3. The topological polar surface area (TPSA) is 96.5 Å². The van der Waals surface area contributed by atoms with Crippen molar-refractivity contribution in [1.29, 1.82) is 0 Å². The highest BCUT2D eigenvalue weighted by atomic mass is 35.5. The van der Waals surface area contributed by atoms with Crippen LogP contribution in [0.5, 0.6) is 5.75 Å². The van der Waals surface area contributed by atoms with Gasteiger partial charge in [-0.2, -0.15) is 0 Å². The summed E-state index contributed by atoms with van der Waals surface area (Å²) in [4.78, 5) is 39.4. The molecule has 0 fully saturated rings. The zero-order valence-corrected chi connectivity index (χ0v) is 24.0. The minimum Gasteiger partial charge on any atom is -0.497 e. The van der Waals surface area contributed by atoms with Crippen molar-refractivity contribution in [2.75, 3.05) is 23.5 Å². The molecule has 4 rings (SSSR count). The Morgan fingerprint density at radius 3 is 2.34 bits per heavy atom. The number of hydrogen-bond donors (Lipinski definition) is 3. The van der Waals surface area contributed by atoms with Crippen molar-refractivity contribution < 1.29 is 19.1 Å². The average molecular weight is 586 g/mol. The van der Waals surface area contributed by atoms with Crippen LogP contribution in [0.3, 0.4) is 0 Å². The molecular weight excluding hydrogens is 558 g/mol. The normalized spacial score (nSPS) is 11.0. The molecule has 0 aromatic heterocycles. The van der Waals surface area contributed by atoms with Crippen molar-refractivity contribution in [3.63, 3.8) is 0 Å². The quantitative estimate of drug-likeness (QED) is 0.140.